The van der Waals surface area contributed by atoms with Gasteiger partial charge in [0.2, 0.25) is 0 Å². The third-order valence-corrected chi connectivity index (χ3v) is 8.64. The van der Waals surface area contributed by atoms with Crippen LogP contribution < -0.4 is 0 Å². The van der Waals surface area contributed by atoms with E-state index < -0.39 is 142 Å². The van der Waals surface area contributed by atoms with Gasteiger partial charge in [-0.2, -0.15) is 0 Å². The summed E-state index contributed by atoms with van der Waals surface area (Å²) in [6.45, 7) is -2.31. The number of ether oxygens (including phenoxy) is 6. The average Bonchev–Trinajstić information content (AvgIpc) is 3.02. The molecule has 4 aliphatic rings. The van der Waals surface area contributed by atoms with E-state index in [9.17, 15) is 71.5 Å². The Labute approximate surface area is 292 Å². The van der Waals surface area contributed by atoms with Crippen LogP contribution >= 0.6 is 0 Å². The number of hydrogen-bond acceptors (Lipinski definition) is 20. The molecule has 0 amide bonds. The van der Waals surface area contributed by atoms with E-state index in [1.807, 2.05) is 0 Å². The maximum absolute atomic E-state index is 11.2. The number of hydrogen-bond donors (Lipinski definition) is 14. The zero-order valence-corrected chi connectivity index (χ0v) is 23.8. The Kier molecular flexibility index (Phi) is 22.4. The van der Waals surface area contributed by atoms with Gasteiger partial charge in [0.05, 0.1) is 32.0 Å². The van der Waals surface area contributed by atoms with Crippen molar-refractivity contribution < 1.29 is 99.9 Å². The molecule has 4 heterocycles. The molecule has 4 saturated heterocycles. The van der Waals surface area contributed by atoms with Crippen LogP contribution in [0.5, 0.6) is 0 Å². The second kappa shape index (κ2) is 21.8. The molecule has 0 saturated carbocycles. The van der Waals surface area contributed by atoms with Gasteiger partial charge in [0.15, 0.2) is 18.9 Å². The summed E-state index contributed by atoms with van der Waals surface area (Å²) < 4.78 is 32.7. The monoisotopic (exact) mass is 744 g/mol. The fourth-order valence-corrected chi connectivity index (χ4v) is 5.88. The summed E-state index contributed by atoms with van der Waals surface area (Å²) in [6, 6.07) is 0. The smallest absolute Gasteiger partial charge is 0.187 e. The second-order valence-corrected chi connectivity index (χ2v) is 11.6. The second-order valence-electron chi connectivity index (χ2n) is 11.6. The van der Waals surface area contributed by atoms with Crippen molar-refractivity contribution >= 4 is 0 Å². The van der Waals surface area contributed by atoms with Crippen LogP contribution in [0.1, 0.15) is 50.0 Å². The Morgan fingerprint density at radius 1 is 0.340 bits per heavy atom. The van der Waals surface area contributed by atoms with Crippen molar-refractivity contribution in [2.24, 2.45) is 0 Å². The van der Waals surface area contributed by atoms with Crippen LogP contribution in [0, 0.1) is 0 Å². The summed E-state index contributed by atoms with van der Waals surface area (Å²) in [6.07, 6.45) is -34.4. The summed E-state index contributed by atoms with van der Waals surface area (Å²) in [5, 5.41) is 143. The van der Waals surface area contributed by atoms with Crippen LogP contribution in [0.25, 0.3) is 0 Å². The van der Waals surface area contributed by atoms with Gasteiger partial charge in [-0.3, -0.25) is 0 Å². The van der Waals surface area contributed by atoms with Crippen LogP contribution in [0.3, 0.4) is 0 Å². The summed E-state index contributed by atoms with van der Waals surface area (Å²) in [7, 11) is 0. The van der Waals surface area contributed by atoms with Crippen molar-refractivity contribution in [1.82, 2.24) is 0 Å². The van der Waals surface area contributed by atoms with Gasteiger partial charge in [-0.1, -0.05) is 37.1 Å². The van der Waals surface area contributed by atoms with E-state index in [2.05, 4.69) is 0 Å². The first kappa shape index (κ1) is 51.3. The normalized spacial score (nSPS) is 47.6. The number of rotatable bonds is 10. The van der Waals surface area contributed by atoms with Gasteiger partial charge in [-0.05, 0) is 12.8 Å². The highest BCUT2D eigenvalue weighted by Gasteiger charge is 2.54. The molecule has 50 heavy (non-hydrogen) atoms. The molecule has 0 radical (unpaired) electrons. The lowest BCUT2D eigenvalue weighted by Crippen LogP contribution is -2.66. The minimum Gasteiger partial charge on any atom is -0.394 e. The van der Waals surface area contributed by atoms with E-state index in [0.717, 1.165) is 0 Å². The van der Waals surface area contributed by atoms with E-state index in [1.165, 1.54) is 0 Å². The lowest BCUT2D eigenvalue weighted by atomic mass is 9.89. The molecule has 14 N–H and O–H groups in total. The van der Waals surface area contributed by atoms with Crippen LogP contribution in [0.15, 0.2) is 0 Å². The summed E-state index contributed by atoms with van der Waals surface area (Å²) in [4.78, 5) is 0. The van der Waals surface area contributed by atoms with Gasteiger partial charge in [0.1, 0.15) is 91.6 Å². The van der Waals surface area contributed by atoms with Crippen LogP contribution in [0.2, 0.25) is 0 Å². The Balaban J connectivity index is 0. The largest absolute Gasteiger partial charge is 0.394 e. The first-order chi connectivity index (χ1) is 21.2. The topological polar surface area (TPSA) is 339 Å². The molecule has 4 fully saturated rings. The first-order valence-corrected chi connectivity index (χ1v) is 14.5. The molecule has 0 aromatic rings. The number of aliphatic hydroxyl groups is 14. The van der Waals surface area contributed by atoms with Crippen LogP contribution in [-0.2, 0) is 28.4 Å². The minimum atomic E-state index is -2.01. The van der Waals surface area contributed by atoms with Gasteiger partial charge < -0.3 is 99.9 Å². The fourth-order valence-electron chi connectivity index (χ4n) is 5.88. The molecule has 0 aromatic heterocycles. The Morgan fingerprint density at radius 2 is 0.680 bits per heavy atom. The zero-order chi connectivity index (χ0) is 33.3. The standard InChI is InChI=1S/C25H44O20.5CH4/c26-3-8-12(30)16(34)11(29)6(40-8)1-2-7-14(32)22(45-24-18(36)17(35)13(31)9(4-27)43-24)20(38)25(42-7)44-21-15(33)10(5-28)41-23(39)19(21)37;;;;;/h6-39H,1-5H2;5*1H4/t6-,7+,8+,9+,10+,11-,12+,13+,14+,15+,16+,17-,18+,19+,20+,21-,22-,23+,24-,25-;;;;;/m0...../s1. The molecule has 0 bridgehead atoms. The van der Waals surface area contributed by atoms with E-state index in [-0.39, 0.29) is 50.0 Å². The van der Waals surface area contributed by atoms with Crippen LogP contribution in [-0.4, -0.2) is 214 Å². The van der Waals surface area contributed by atoms with Gasteiger partial charge >= 0.3 is 0 Å². The third kappa shape index (κ3) is 10.4. The first-order valence-electron chi connectivity index (χ1n) is 14.5. The maximum Gasteiger partial charge on any atom is 0.187 e. The van der Waals surface area contributed by atoms with Gasteiger partial charge in [0, 0.05) is 0 Å². The predicted octanol–water partition coefficient (Wildman–Crippen LogP) is -5.76. The molecule has 4 aliphatic heterocycles. The molecule has 0 unspecified atom stereocenters. The summed E-state index contributed by atoms with van der Waals surface area (Å²) >= 11 is 0. The van der Waals surface area contributed by atoms with E-state index in [4.69, 9.17) is 28.4 Å². The molecular weight excluding hydrogens is 680 g/mol. The molecule has 20 nitrogen and oxygen atoms in total. The minimum absolute atomic E-state index is 0. The Bertz CT molecular complexity index is 918. The van der Waals surface area contributed by atoms with Crippen molar-refractivity contribution in [3.8, 4) is 0 Å². The van der Waals surface area contributed by atoms with Crippen molar-refractivity contribution in [1.29, 1.82) is 0 Å². The molecule has 0 aliphatic carbocycles. The third-order valence-electron chi connectivity index (χ3n) is 8.64. The fraction of sp³-hybridized carbons (Fsp3) is 1.00. The van der Waals surface area contributed by atoms with Crippen molar-refractivity contribution in [3.63, 3.8) is 0 Å². The van der Waals surface area contributed by atoms with E-state index >= 15 is 0 Å². The van der Waals surface area contributed by atoms with Gasteiger partial charge in [-0.15, -0.1) is 0 Å². The highest BCUT2D eigenvalue weighted by Crippen LogP contribution is 2.34. The number of aliphatic hydroxyl groups excluding tert-OH is 14. The highest BCUT2D eigenvalue weighted by molar-refractivity contribution is 4.98. The zero-order valence-electron chi connectivity index (χ0n) is 23.8. The van der Waals surface area contributed by atoms with Crippen molar-refractivity contribution in [3.05, 3.63) is 0 Å². The molecule has 304 valence electrons. The van der Waals surface area contributed by atoms with E-state index in [0.29, 0.717) is 0 Å². The average molecular weight is 745 g/mol. The van der Waals surface area contributed by atoms with Crippen molar-refractivity contribution in [2.75, 3.05) is 19.8 Å². The lowest BCUT2D eigenvalue weighted by Gasteiger charge is -2.48. The van der Waals surface area contributed by atoms with Crippen molar-refractivity contribution in [2.45, 2.75) is 173 Å². The molecule has 0 aromatic carbocycles. The predicted molar refractivity (Wildman–Crippen MR) is 171 cm³/mol. The molecule has 0 spiro atoms. The Morgan fingerprint density at radius 3 is 1.18 bits per heavy atom. The van der Waals surface area contributed by atoms with E-state index in [1.54, 1.807) is 0 Å². The quantitative estimate of drug-likeness (QED) is 0.0990. The van der Waals surface area contributed by atoms with Crippen LogP contribution in [0.4, 0.5) is 0 Å². The SMILES string of the molecule is C.C.C.C.C.OC[C@H]1O[C@@H](CC[C@H]2O[C@@H](O[C@@H]3[C@@H](O)[C@H](O)O[C@H](CO)[C@H]3O)[C@H](O)[C@@H](O[C@@H]3O[C@H](CO)[C@@H](O)[C@H](O)[C@H]3O)[C@@H]2O)[C@H](O)[C@@H](O)[C@@H]1O. The molecule has 20 atom stereocenters. The molecule has 20 heteroatoms. The van der Waals surface area contributed by atoms with Gasteiger partial charge in [-0.25, -0.2) is 0 Å². The summed E-state index contributed by atoms with van der Waals surface area (Å²) in [5.74, 6) is 0. The molecule has 4 rings (SSSR count). The Hall–Kier alpha value is -0.800. The maximum atomic E-state index is 11.2. The van der Waals surface area contributed by atoms with Gasteiger partial charge in [0.25, 0.3) is 0 Å². The lowest BCUT2D eigenvalue weighted by molar-refractivity contribution is -0.378. The molecular formula is C30H64O20. The summed E-state index contributed by atoms with van der Waals surface area (Å²) in [5.41, 5.74) is 0. The highest BCUT2D eigenvalue weighted by atomic mass is 16.7.